The highest BCUT2D eigenvalue weighted by Gasteiger charge is 2.07. The number of hydrogen-bond donors (Lipinski definition) is 1. The van der Waals surface area contributed by atoms with Crippen LogP contribution in [0.4, 0.5) is 0 Å². The number of nitrogens with zero attached hydrogens (tertiary/aromatic N) is 1. The molecule has 16 heavy (non-hydrogen) atoms. The van der Waals surface area contributed by atoms with Gasteiger partial charge in [-0.2, -0.15) is 0 Å². The quantitative estimate of drug-likeness (QED) is 0.685. The number of aromatic carboxylic acids is 1. The summed E-state index contributed by atoms with van der Waals surface area (Å²) in [6.07, 6.45) is 9.24. The Balaban J connectivity index is 2.21. The fraction of sp³-hybridized carbons (Fsp3) is 0.615. The fourth-order valence-corrected chi connectivity index (χ4v) is 1.87. The van der Waals surface area contributed by atoms with Crippen LogP contribution in [0, 0.1) is 0 Å². The Kier molecular flexibility index (Phi) is 5.68. The van der Waals surface area contributed by atoms with Gasteiger partial charge in [-0.3, -0.25) is 0 Å². The highest BCUT2D eigenvalue weighted by molar-refractivity contribution is 5.85. The summed E-state index contributed by atoms with van der Waals surface area (Å²) in [5.41, 5.74) is 0.397. The zero-order chi connectivity index (χ0) is 11.8. The SMILES string of the molecule is CCCCCCCCn1cccc1C(=O)O. The second-order valence-electron chi connectivity index (χ2n) is 4.16. The van der Waals surface area contributed by atoms with Crippen molar-refractivity contribution in [1.82, 2.24) is 4.57 Å². The van der Waals surface area contributed by atoms with Crippen molar-refractivity contribution in [3.8, 4) is 0 Å². The van der Waals surface area contributed by atoms with Gasteiger partial charge < -0.3 is 9.67 Å². The predicted molar refractivity (Wildman–Crippen MR) is 64.8 cm³/mol. The third-order valence-corrected chi connectivity index (χ3v) is 2.80. The van der Waals surface area contributed by atoms with Crippen LogP contribution in [0.3, 0.4) is 0 Å². The zero-order valence-electron chi connectivity index (χ0n) is 9.98. The summed E-state index contributed by atoms with van der Waals surface area (Å²) < 4.78 is 1.82. The van der Waals surface area contributed by atoms with Gasteiger partial charge in [0.05, 0.1) is 0 Å². The van der Waals surface area contributed by atoms with Gasteiger partial charge in [0, 0.05) is 12.7 Å². The maximum Gasteiger partial charge on any atom is 0.352 e. The van der Waals surface area contributed by atoms with Gasteiger partial charge in [-0.1, -0.05) is 39.0 Å². The topological polar surface area (TPSA) is 42.2 Å². The second kappa shape index (κ2) is 7.09. The van der Waals surface area contributed by atoms with Crippen LogP contribution in [0.25, 0.3) is 0 Å². The molecule has 0 atom stereocenters. The van der Waals surface area contributed by atoms with Crippen LogP contribution in [-0.2, 0) is 6.54 Å². The first-order chi connectivity index (χ1) is 7.75. The molecule has 0 aliphatic carbocycles. The molecule has 3 heteroatoms. The Morgan fingerprint density at radius 3 is 2.62 bits per heavy atom. The van der Waals surface area contributed by atoms with Crippen molar-refractivity contribution >= 4 is 5.97 Å². The first-order valence-corrected chi connectivity index (χ1v) is 6.14. The van der Waals surface area contributed by atoms with Crippen molar-refractivity contribution in [2.75, 3.05) is 0 Å². The van der Waals surface area contributed by atoms with Gasteiger partial charge >= 0.3 is 5.97 Å². The van der Waals surface area contributed by atoms with Crippen LogP contribution in [0.5, 0.6) is 0 Å². The van der Waals surface area contributed by atoms with E-state index in [-0.39, 0.29) is 0 Å². The van der Waals surface area contributed by atoms with Gasteiger partial charge in [0.1, 0.15) is 5.69 Å². The van der Waals surface area contributed by atoms with E-state index < -0.39 is 5.97 Å². The van der Waals surface area contributed by atoms with Crippen LogP contribution >= 0.6 is 0 Å². The third kappa shape index (κ3) is 4.09. The molecule has 0 aliphatic rings. The number of rotatable bonds is 8. The minimum Gasteiger partial charge on any atom is -0.477 e. The van der Waals surface area contributed by atoms with E-state index >= 15 is 0 Å². The minimum absolute atomic E-state index is 0.397. The highest BCUT2D eigenvalue weighted by Crippen LogP contribution is 2.08. The Morgan fingerprint density at radius 1 is 1.25 bits per heavy atom. The van der Waals surface area contributed by atoms with Gasteiger partial charge in [0.25, 0.3) is 0 Å². The number of aryl methyl sites for hydroxylation is 1. The third-order valence-electron chi connectivity index (χ3n) is 2.80. The first-order valence-electron chi connectivity index (χ1n) is 6.14. The first kappa shape index (κ1) is 12.8. The van der Waals surface area contributed by atoms with Crippen LogP contribution < -0.4 is 0 Å². The number of carboxylic acids is 1. The highest BCUT2D eigenvalue weighted by atomic mass is 16.4. The molecule has 0 fully saturated rings. The van der Waals surface area contributed by atoms with Crippen LogP contribution in [-0.4, -0.2) is 15.6 Å². The minimum atomic E-state index is -0.837. The fourth-order valence-electron chi connectivity index (χ4n) is 1.87. The Morgan fingerprint density at radius 2 is 1.94 bits per heavy atom. The summed E-state index contributed by atoms with van der Waals surface area (Å²) in [7, 11) is 0. The van der Waals surface area contributed by atoms with E-state index in [0.717, 1.165) is 13.0 Å². The van der Waals surface area contributed by atoms with E-state index in [1.165, 1.54) is 32.1 Å². The number of hydrogen-bond acceptors (Lipinski definition) is 1. The van der Waals surface area contributed by atoms with Crippen molar-refractivity contribution in [1.29, 1.82) is 0 Å². The molecule has 0 aromatic carbocycles. The van der Waals surface area contributed by atoms with Crippen molar-refractivity contribution in [2.45, 2.75) is 52.0 Å². The second-order valence-corrected chi connectivity index (χ2v) is 4.16. The van der Waals surface area contributed by atoms with Gasteiger partial charge in [0.15, 0.2) is 0 Å². The molecule has 1 aromatic heterocycles. The molecule has 1 N–H and O–H groups in total. The molecule has 90 valence electrons. The average molecular weight is 223 g/mol. The summed E-state index contributed by atoms with van der Waals surface area (Å²) >= 11 is 0. The van der Waals surface area contributed by atoms with Gasteiger partial charge in [-0.05, 0) is 18.6 Å². The molecule has 1 heterocycles. The maximum absolute atomic E-state index is 10.8. The van der Waals surface area contributed by atoms with Crippen molar-refractivity contribution in [2.24, 2.45) is 0 Å². The maximum atomic E-state index is 10.8. The molecule has 1 aromatic rings. The van der Waals surface area contributed by atoms with Crippen LogP contribution in [0.15, 0.2) is 18.3 Å². The molecule has 0 unspecified atom stereocenters. The molecule has 0 amide bonds. The molecule has 0 radical (unpaired) electrons. The summed E-state index contributed by atoms with van der Waals surface area (Å²) in [5, 5.41) is 8.91. The van der Waals surface area contributed by atoms with E-state index in [1.807, 2.05) is 10.8 Å². The van der Waals surface area contributed by atoms with Gasteiger partial charge in [0.2, 0.25) is 0 Å². The van der Waals surface area contributed by atoms with E-state index in [0.29, 0.717) is 5.69 Å². The molecule has 0 spiro atoms. The van der Waals surface area contributed by atoms with Crippen molar-refractivity contribution in [3.05, 3.63) is 24.0 Å². The molecular weight excluding hydrogens is 202 g/mol. The van der Waals surface area contributed by atoms with Crippen molar-refractivity contribution < 1.29 is 9.90 Å². The number of carbonyl (C=O) groups is 1. The monoisotopic (exact) mass is 223 g/mol. The summed E-state index contributed by atoms with van der Waals surface area (Å²) in [6, 6.07) is 3.44. The molecule has 0 saturated carbocycles. The van der Waals surface area contributed by atoms with E-state index in [1.54, 1.807) is 12.1 Å². The summed E-state index contributed by atoms with van der Waals surface area (Å²) in [5.74, 6) is -0.837. The lowest BCUT2D eigenvalue weighted by molar-refractivity contribution is 0.0685. The molecule has 3 nitrogen and oxygen atoms in total. The van der Waals surface area contributed by atoms with Crippen LogP contribution in [0.1, 0.15) is 55.9 Å². The van der Waals surface area contributed by atoms with E-state index in [4.69, 9.17) is 5.11 Å². The Bertz CT molecular complexity index is 317. The zero-order valence-corrected chi connectivity index (χ0v) is 9.98. The molecular formula is C13H21NO2. The lowest BCUT2D eigenvalue weighted by Gasteiger charge is -2.05. The van der Waals surface area contributed by atoms with Crippen molar-refractivity contribution in [3.63, 3.8) is 0 Å². The van der Waals surface area contributed by atoms with E-state index in [9.17, 15) is 4.79 Å². The van der Waals surface area contributed by atoms with Gasteiger partial charge in [-0.15, -0.1) is 0 Å². The smallest absolute Gasteiger partial charge is 0.352 e. The Hall–Kier alpha value is -1.25. The average Bonchev–Trinajstić information content (AvgIpc) is 2.71. The lowest BCUT2D eigenvalue weighted by atomic mass is 10.1. The Labute approximate surface area is 97.1 Å². The number of aromatic nitrogens is 1. The van der Waals surface area contributed by atoms with Gasteiger partial charge in [-0.25, -0.2) is 4.79 Å². The molecule has 0 bridgehead atoms. The predicted octanol–water partition coefficient (Wildman–Crippen LogP) is 3.55. The standard InChI is InChI=1S/C13H21NO2/c1-2-3-4-5-6-7-10-14-11-8-9-12(14)13(15)16/h8-9,11H,2-7,10H2,1H3,(H,15,16). The van der Waals surface area contributed by atoms with Crippen LogP contribution in [0.2, 0.25) is 0 Å². The lowest BCUT2D eigenvalue weighted by Crippen LogP contribution is -2.07. The number of carboxylic acid groups (broad SMARTS) is 1. The van der Waals surface area contributed by atoms with E-state index in [2.05, 4.69) is 6.92 Å². The number of unbranched alkanes of at least 4 members (excludes halogenated alkanes) is 5. The molecule has 0 aliphatic heterocycles. The normalized spacial score (nSPS) is 10.6. The summed E-state index contributed by atoms with van der Waals surface area (Å²) in [6.45, 7) is 3.03. The largest absolute Gasteiger partial charge is 0.477 e. The summed E-state index contributed by atoms with van der Waals surface area (Å²) in [4.78, 5) is 10.8. The molecule has 1 rings (SSSR count). The molecule has 0 saturated heterocycles.